The normalized spacial score (nSPS) is 22.9. The van der Waals surface area contributed by atoms with Gasteiger partial charge in [0.25, 0.3) is 0 Å². The molecule has 0 aromatic heterocycles. The molecular weight excluding hydrogens is 208 g/mol. The summed E-state index contributed by atoms with van der Waals surface area (Å²) < 4.78 is 0. The Labute approximate surface area is 108 Å². The molecule has 0 amide bonds. The van der Waals surface area contributed by atoms with Crippen molar-refractivity contribution in [2.75, 3.05) is 26.2 Å². The average molecular weight is 240 g/mol. The first-order valence-corrected chi connectivity index (χ1v) is 7.50. The second kappa shape index (κ2) is 7.38. The van der Waals surface area contributed by atoms with Crippen molar-refractivity contribution < 1.29 is 0 Å². The van der Waals surface area contributed by atoms with Crippen LogP contribution in [-0.4, -0.2) is 37.1 Å². The minimum Gasteiger partial charge on any atom is -0.314 e. The molecule has 2 nitrogen and oxygen atoms in total. The van der Waals surface area contributed by atoms with E-state index in [4.69, 9.17) is 0 Å². The van der Waals surface area contributed by atoms with Crippen LogP contribution in [0.3, 0.4) is 0 Å². The van der Waals surface area contributed by atoms with Crippen LogP contribution in [0, 0.1) is 17.8 Å². The lowest BCUT2D eigenvalue weighted by atomic mass is 9.89. The highest BCUT2D eigenvalue weighted by Crippen LogP contribution is 2.20. The maximum Gasteiger partial charge on any atom is 0.00680 e. The third-order valence-electron chi connectivity index (χ3n) is 4.69. The van der Waals surface area contributed by atoms with Gasteiger partial charge in [0.15, 0.2) is 0 Å². The quantitative estimate of drug-likeness (QED) is 0.768. The highest BCUT2D eigenvalue weighted by atomic mass is 15.1. The molecule has 102 valence electrons. The van der Waals surface area contributed by atoms with Gasteiger partial charge < -0.3 is 10.2 Å². The van der Waals surface area contributed by atoms with Crippen LogP contribution < -0.4 is 5.32 Å². The van der Waals surface area contributed by atoms with Gasteiger partial charge in [0.1, 0.15) is 0 Å². The molecule has 0 saturated carbocycles. The molecule has 0 aromatic carbocycles. The molecule has 1 rings (SSSR count). The Bertz CT molecular complexity index is 195. The second-order valence-electron chi connectivity index (χ2n) is 6.19. The van der Waals surface area contributed by atoms with Gasteiger partial charge in [-0.15, -0.1) is 0 Å². The molecule has 1 saturated heterocycles. The van der Waals surface area contributed by atoms with Gasteiger partial charge in [-0.05, 0) is 63.7 Å². The number of hydrogen-bond donors (Lipinski definition) is 1. The maximum absolute atomic E-state index is 3.75. The molecule has 1 N–H and O–H groups in total. The number of rotatable bonds is 6. The summed E-state index contributed by atoms with van der Waals surface area (Å²) in [6.07, 6.45) is 2.75. The first kappa shape index (κ1) is 15.0. The summed E-state index contributed by atoms with van der Waals surface area (Å²) in [5.41, 5.74) is 0. The van der Waals surface area contributed by atoms with Crippen molar-refractivity contribution in [1.82, 2.24) is 10.2 Å². The van der Waals surface area contributed by atoms with E-state index in [-0.39, 0.29) is 0 Å². The predicted molar refractivity (Wildman–Crippen MR) is 76.3 cm³/mol. The van der Waals surface area contributed by atoms with Gasteiger partial charge in [0, 0.05) is 6.04 Å². The van der Waals surface area contributed by atoms with E-state index in [1.807, 2.05) is 0 Å². The van der Waals surface area contributed by atoms with Crippen molar-refractivity contribution in [3.05, 3.63) is 0 Å². The molecule has 0 radical (unpaired) electrons. The van der Waals surface area contributed by atoms with Crippen LogP contribution in [0.2, 0.25) is 0 Å². The molecule has 2 heteroatoms. The molecule has 1 aliphatic rings. The van der Waals surface area contributed by atoms with Crippen molar-refractivity contribution in [2.45, 2.75) is 53.5 Å². The van der Waals surface area contributed by atoms with Gasteiger partial charge in [-0.3, -0.25) is 0 Å². The van der Waals surface area contributed by atoms with Gasteiger partial charge in [0.05, 0.1) is 0 Å². The molecule has 1 aliphatic heterocycles. The minimum atomic E-state index is 0.690. The average Bonchev–Trinajstić information content (AvgIpc) is 2.35. The van der Waals surface area contributed by atoms with E-state index >= 15 is 0 Å². The van der Waals surface area contributed by atoms with Crippen LogP contribution in [0.5, 0.6) is 0 Å². The van der Waals surface area contributed by atoms with Gasteiger partial charge >= 0.3 is 0 Å². The Kier molecular flexibility index (Phi) is 6.50. The number of hydrogen-bond acceptors (Lipinski definition) is 2. The van der Waals surface area contributed by atoms with E-state index in [2.05, 4.69) is 44.8 Å². The number of likely N-dealkylation sites (tertiary alicyclic amines) is 1. The smallest absolute Gasteiger partial charge is 0.00680 e. The SMILES string of the molecule is CCN1CCC(C(C)NCC(C)C(C)C)CC1. The van der Waals surface area contributed by atoms with Crippen molar-refractivity contribution in [1.29, 1.82) is 0 Å². The fourth-order valence-electron chi connectivity index (χ4n) is 2.54. The zero-order chi connectivity index (χ0) is 12.8. The number of nitrogens with one attached hydrogen (secondary N) is 1. The second-order valence-corrected chi connectivity index (χ2v) is 6.19. The molecule has 2 atom stereocenters. The van der Waals surface area contributed by atoms with Crippen LogP contribution >= 0.6 is 0 Å². The topological polar surface area (TPSA) is 15.3 Å². The Morgan fingerprint density at radius 2 is 1.71 bits per heavy atom. The molecule has 0 aliphatic carbocycles. The molecule has 1 fully saturated rings. The predicted octanol–water partition coefficient (Wildman–Crippen LogP) is 2.99. The van der Waals surface area contributed by atoms with Gasteiger partial charge in [-0.25, -0.2) is 0 Å². The summed E-state index contributed by atoms with van der Waals surface area (Å²) >= 11 is 0. The summed E-state index contributed by atoms with van der Waals surface area (Å²) in [5.74, 6) is 2.46. The summed E-state index contributed by atoms with van der Waals surface area (Å²) in [7, 11) is 0. The zero-order valence-corrected chi connectivity index (χ0v) is 12.5. The third kappa shape index (κ3) is 4.97. The van der Waals surface area contributed by atoms with Gasteiger partial charge in [-0.1, -0.05) is 27.7 Å². The van der Waals surface area contributed by atoms with Gasteiger partial charge in [-0.2, -0.15) is 0 Å². The zero-order valence-electron chi connectivity index (χ0n) is 12.5. The van der Waals surface area contributed by atoms with Crippen LogP contribution in [0.4, 0.5) is 0 Å². The van der Waals surface area contributed by atoms with E-state index in [1.165, 1.54) is 39.0 Å². The largest absolute Gasteiger partial charge is 0.314 e. The Balaban J connectivity index is 2.22. The molecule has 0 spiro atoms. The molecule has 17 heavy (non-hydrogen) atoms. The minimum absolute atomic E-state index is 0.690. The van der Waals surface area contributed by atoms with E-state index in [9.17, 15) is 0 Å². The van der Waals surface area contributed by atoms with Crippen LogP contribution in [0.1, 0.15) is 47.5 Å². The fourth-order valence-corrected chi connectivity index (χ4v) is 2.54. The van der Waals surface area contributed by atoms with Crippen LogP contribution in [0.25, 0.3) is 0 Å². The standard InChI is InChI=1S/C15H32N2/c1-6-17-9-7-15(8-10-17)14(5)16-11-13(4)12(2)3/h12-16H,6-11H2,1-5H3. The lowest BCUT2D eigenvalue weighted by Crippen LogP contribution is -2.43. The summed E-state index contributed by atoms with van der Waals surface area (Å²) in [4.78, 5) is 2.57. The Morgan fingerprint density at radius 1 is 1.12 bits per heavy atom. The van der Waals surface area contributed by atoms with E-state index in [0.29, 0.717) is 6.04 Å². The monoisotopic (exact) mass is 240 g/mol. The molecule has 2 unspecified atom stereocenters. The lowest BCUT2D eigenvalue weighted by molar-refractivity contribution is 0.166. The fraction of sp³-hybridized carbons (Fsp3) is 1.00. The van der Waals surface area contributed by atoms with Gasteiger partial charge in [0.2, 0.25) is 0 Å². The van der Waals surface area contributed by atoms with Crippen LogP contribution in [-0.2, 0) is 0 Å². The first-order chi connectivity index (χ1) is 8.04. The van der Waals surface area contributed by atoms with E-state index in [0.717, 1.165) is 17.8 Å². The summed E-state index contributed by atoms with van der Waals surface area (Å²) in [5, 5.41) is 3.75. The first-order valence-electron chi connectivity index (χ1n) is 7.50. The summed E-state index contributed by atoms with van der Waals surface area (Å²) in [6, 6.07) is 0.690. The third-order valence-corrected chi connectivity index (χ3v) is 4.69. The Morgan fingerprint density at radius 3 is 2.18 bits per heavy atom. The highest BCUT2D eigenvalue weighted by molar-refractivity contribution is 4.79. The Hall–Kier alpha value is -0.0800. The van der Waals surface area contributed by atoms with E-state index < -0.39 is 0 Å². The maximum atomic E-state index is 3.75. The van der Waals surface area contributed by atoms with Crippen LogP contribution in [0.15, 0.2) is 0 Å². The molecule has 1 heterocycles. The number of piperidine rings is 1. The molecule has 0 aromatic rings. The number of nitrogens with zero attached hydrogens (tertiary/aromatic N) is 1. The highest BCUT2D eigenvalue weighted by Gasteiger charge is 2.23. The van der Waals surface area contributed by atoms with Crippen molar-refractivity contribution >= 4 is 0 Å². The summed E-state index contributed by atoms with van der Waals surface area (Å²) in [6.45, 7) is 16.6. The lowest BCUT2D eigenvalue weighted by Gasteiger charge is -2.35. The molecule has 0 bridgehead atoms. The van der Waals surface area contributed by atoms with Crippen molar-refractivity contribution in [3.63, 3.8) is 0 Å². The van der Waals surface area contributed by atoms with Crippen molar-refractivity contribution in [2.24, 2.45) is 17.8 Å². The van der Waals surface area contributed by atoms with Crippen molar-refractivity contribution in [3.8, 4) is 0 Å². The van der Waals surface area contributed by atoms with E-state index in [1.54, 1.807) is 0 Å². The molecular formula is C15H32N2.